The second-order valence-electron chi connectivity index (χ2n) is 5.45. The molecule has 2 rings (SSSR count). The maximum absolute atomic E-state index is 9.48. The summed E-state index contributed by atoms with van der Waals surface area (Å²) in [6.45, 7) is 6.57. The van der Waals surface area contributed by atoms with Crippen molar-refractivity contribution in [2.45, 2.75) is 20.4 Å². The van der Waals surface area contributed by atoms with Gasteiger partial charge in [0.05, 0.1) is 13.1 Å². The molecule has 24 heavy (non-hydrogen) atoms. The van der Waals surface area contributed by atoms with E-state index in [2.05, 4.69) is 22.5 Å². The van der Waals surface area contributed by atoms with E-state index in [0.717, 1.165) is 23.8 Å². The number of benzene rings is 2. The molecular formula is C19H25N3O2. The molecule has 5 nitrogen and oxygen atoms in total. The first kappa shape index (κ1) is 17.7. The number of aromatic hydroxyl groups is 1. The Morgan fingerprint density at radius 2 is 1.92 bits per heavy atom. The fraction of sp³-hybridized carbons (Fsp3) is 0.316. The van der Waals surface area contributed by atoms with E-state index >= 15 is 0 Å². The Morgan fingerprint density at radius 1 is 1.12 bits per heavy atom. The van der Waals surface area contributed by atoms with Gasteiger partial charge < -0.3 is 20.5 Å². The third kappa shape index (κ3) is 6.20. The van der Waals surface area contributed by atoms with Crippen LogP contribution in [0.25, 0.3) is 0 Å². The minimum absolute atomic E-state index is 0.257. The molecule has 0 radical (unpaired) electrons. The Labute approximate surface area is 143 Å². The molecule has 0 saturated heterocycles. The molecule has 0 aliphatic heterocycles. The first-order valence-electron chi connectivity index (χ1n) is 8.17. The molecule has 0 bridgehead atoms. The third-order valence-corrected chi connectivity index (χ3v) is 3.36. The van der Waals surface area contributed by atoms with Crippen molar-refractivity contribution in [1.82, 2.24) is 10.6 Å². The van der Waals surface area contributed by atoms with Crippen LogP contribution in [0.3, 0.4) is 0 Å². The van der Waals surface area contributed by atoms with Crippen LogP contribution < -0.4 is 15.4 Å². The normalized spacial score (nSPS) is 11.2. The van der Waals surface area contributed by atoms with Crippen molar-refractivity contribution in [2.75, 3.05) is 19.7 Å². The third-order valence-electron chi connectivity index (χ3n) is 3.36. The molecule has 0 aliphatic rings. The summed E-state index contributed by atoms with van der Waals surface area (Å²) in [4.78, 5) is 4.51. The maximum atomic E-state index is 9.48. The quantitative estimate of drug-likeness (QED) is 0.416. The summed E-state index contributed by atoms with van der Waals surface area (Å²) in [5, 5.41) is 15.9. The van der Waals surface area contributed by atoms with Crippen LogP contribution in [0.4, 0.5) is 0 Å². The van der Waals surface area contributed by atoms with Gasteiger partial charge >= 0.3 is 0 Å². The van der Waals surface area contributed by atoms with Crippen LogP contribution in [0.2, 0.25) is 0 Å². The Balaban J connectivity index is 1.79. The van der Waals surface area contributed by atoms with E-state index in [-0.39, 0.29) is 5.75 Å². The fourth-order valence-corrected chi connectivity index (χ4v) is 2.14. The van der Waals surface area contributed by atoms with Crippen LogP contribution in [0, 0.1) is 6.92 Å². The van der Waals surface area contributed by atoms with Gasteiger partial charge in [-0.15, -0.1) is 0 Å². The van der Waals surface area contributed by atoms with Gasteiger partial charge in [0.1, 0.15) is 18.1 Å². The number of nitrogens with zero attached hydrogens (tertiary/aromatic N) is 1. The zero-order chi connectivity index (χ0) is 17.2. The lowest BCUT2D eigenvalue weighted by Crippen LogP contribution is -2.39. The van der Waals surface area contributed by atoms with E-state index in [4.69, 9.17) is 4.74 Å². The molecule has 0 spiro atoms. The zero-order valence-corrected chi connectivity index (χ0v) is 14.2. The van der Waals surface area contributed by atoms with Crippen LogP contribution in [0.5, 0.6) is 11.5 Å². The average molecular weight is 327 g/mol. The molecular weight excluding hydrogens is 302 g/mol. The van der Waals surface area contributed by atoms with Crippen LogP contribution in [-0.4, -0.2) is 30.8 Å². The van der Waals surface area contributed by atoms with Crippen molar-refractivity contribution in [3.63, 3.8) is 0 Å². The van der Waals surface area contributed by atoms with Crippen LogP contribution >= 0.6 is 0 Å². The van der Waals surface area contributed by atoms with Crippen molar-refractivity contribution in [2.24, 2.45) is 4.99 Å². The standard InChI is InChI=1S/C19H25N3O2/c1-3-20-19(22-14-16-5-4-6-17(23)13-16)21-11-12-24-18-9-7-15(2)8-10-18/h4-10,13,23H,3,11-12,14H2,1-2H3,(H2,20,21,22). The molecule has 0 aliphatic carbocycles. The van der Waals surface area contributed by atoms with Crippen LogP contribution in [0.1, 0.15) is 18.1 Å². The number of hydrogen-bond donors (Lipinski definition) is 3. The summed E-state index contributed by atoms with van der Waals surface area (Å²) >= 11 is 0. The molecule has 2 aromatic carbocycles. The zero-order valence-electron chi connectivity index (χ0n) is 14.2. The molecule has 0 aromatic heterocycles. The molecule has 0 unspecified atom stereocenters. The van der Waals surface area contributed by atoms with Crippen molar-refractivity contribution >= 4 is 5.96 Å². The maximum Gasteiger partial charge on any atom is 0.191 e. The van der Waals surface area contributed by atoms with E-state index in [0.29, 0.717) is 19.7 Å². The van der Waals surface area contributed by atoms with Gasteiger partial charge in [0.2, 0.25) is 0 Å². The van der Waals surface area contributed by atoms with Gasteiger partial charge in [0.15, 0.2) is 5.96 Å². The molecule has 0 heterocycles. The van der Waals surface area contributed by atoms with E-state index in [1.54, 1.807) is 12.1 Å². The highest BCUT2D eigenvalue weighted by Gasteiger charge is 1.99. The first-order valence-corrected chi connectivity index (χ1v) is 8.17. The fourth-order valence-electron chi connectivity index (χ4n) is 2.14. The number of aryl methyl sites for hydroxylation is 1. The molecule has 3 N–H and O–H groups in total. The van der Waals surface area contributed by atoms with Gasteiger partial charge in [-0.1, -0.05) is 29.8 Å². The van der Waals surface area contributed by atoms with Crippen molar-refractivity contribution in [3.8, 4) is 11.5 Å². The summed E-state index contributed by atoms with van der Waals surface area (Å²) in [5.74, 6) is 1.85. The smallest absolute Gasteiger partial charge is 0.191 e. The summed E-state index contributed by atoms with van der Waals surface area (Å²) < 4.78 is 5.69. The molecule has 5 heteroatoms. The number of aliphatic imine (C=N–C) groups is 1. The van der Waals surface area contributed by atoms with Gasteiger partial charge in [-0.3, -0.25) is 0 Å². The van der Waals surface area contributed by atoms with Crippen LogP contribution in [-0.2, 0) is 6.54 Å². The molecule has 0 fully saturated rings. The number of guanidine groups is 1. The van der Waals surface area contributed by atoms with Crippen molar-refractivity contribution in [1.29, 1.82) is 0 Å². The van der Waals surface area contributed by atoms with E-state index in [9.17, 15) is 5.11 Å². The number of ether oxygens (including phenoxy) is 1. The molecule has 0 amide bonds. The topological polar surface area (TPSA) is 65.9 Å². The highest BCUT2D eigenvalue weighted by molar-refractivity contribution is 5.79. The molecule has 128 valence electrons. The SMILES string of the molecule is CCNC(=NCc1cccc(O)c1)NCCOc1ccc(C)cc1. The van der Waals surface area contributed by atoms with Gasteiger partial charge in [-0.2, -0.15) is 0 Å². The predicted molar refractivity (Wildman–Crippen MR) is 97.6 cm³/mol. The van der Waals surface area contributed by atoms with Crippen LogP contribution in [0.15, 0.2) is 53.5 Å². The van der Waals surface area contributed by atoms with Gasteiger partial charge in [0.25, 0.3) is 0 Å². The number of phenolic OH excluding ortho intramolecular Hbond substituents is 1. The van der Waals surface area contributed by atoms with Gasteiger partial charge in [0, 0.05) is 6.54 Å². The molecule has 0 saturated carbocycles. The second-order valence-corrected chi connectivity index (χ2v) is 5.45. The monoisotopic (exact) mass is 327 g/mol. The van der Waals surface area contributed by atoms with Gasteiger partial charge in [-0.25, -0.2) is 4.99 Å². The number of rotatable bonds is 7. The highest BCUT2D eigenvalue weighted by atomic mass is 16.5. The Hall–Kier alpha value is -2.69. The van der Waals surface area contributed by atoms with E-state index in [1.807, 2.05) is 43.3 Å². The summed E-state index contributed by atoms with van der Waals surface area (Å²) in [6.07, 6.45) is 0. The van der Waals surface area contributed by atoms with Crippen molar-refractivity contribution < 1.29 is 9.84 Å². The minimum atomic E-state index is 0.257. The minimum Gasteiger partial charge on any atom is -0.508 e. The summed E-state index contributed by atoms with van der Waals surface area (Å²) in [6, 6.07) is 15.1. The Bertz CT molecular complexity index is 654. The number of nitrogens with one attached hydrogen (secondary N) is 2. The van der Waals surface area contributed by atoms with Crippen molar-refractivity contribution in [3.05, 3.63) is 59.7 Å². The average Bonchev–Trinajstić information content (AvgIpc) is 2.58. The number of hydrogen-bond acceptors (Lipinski definition) is 3. The Kier molecular flexibility index (Phi) is 6.95. The molecule has 2 aromatic rings. The predicted octanol–water partition coefficient (Wildman–Crippen LogP) is 2.83. The summed E-state index contributed by atoms with van der Waals surface area (Å²) in [7, 11) is 0. The lowest BCUT2D eigenvalue weighted by atomic mass is 10.2. The summed E-state index contributed by atoms with van der Waals surface area (Å²) in [5.41, 5.74) is 2.18. The lowest BCUT2D eigenvalue weighted by molar-refractivity contribution is 0.322. The first-order chi connectivity index (χ1) is 11.7. The lowest BCUT2D eigenvalue weighted by Gasteiger charge is -2.12. The van der Waals surface area contributed by atoms with E-state index < -0.39 is 0 Å². The van der Waals surface area contributed by atoms with E-state index in [1.165, 1.54) is 5.56 Å². The molecule has 0 atom stereocenters. The second kappa shape index (κ2) is 9.45. The highest BCUT2D eigenvalue weighted by Crippen LogP contribution is 2.12. The number of phenols is 1. The Morgan fingerprint density at radius 3 is 2.62 bits per heavy atom. The van der Waals surface area contributed by atoms with Gasteiger partial charge in [-0.05, 0) is 43.7 Å². The largest absolute Gasteiger partial charge is 0.508 e.